The number of hydrogen-bond donors (Lipinski definition) is 1. The van der Waals surface area contributed by atoms with Crippen LogP contribution in [0.2, 0.25) is 15.1 Å². The molecule has 0 bridgehead atoms. The van der Waals surface area contributed by atoms with Gasteiger partial charge in [-0.3, -0.25) is 0 Å². The van der Waals surface area contributed by atoms with Crippen molar-refractivity contribution in [1.82, 2.24) is 4.72 Å². The molecule has 0 saturated heterocycles. The molecule has 0 spiro atoms. The van der Waals surface area contributed by atoms with Crippen molar-refractivity contribution < 1.29 is 8.42 Å². The highest BCUT2D eigenvalue weighted by atomic mass is 35.5. The molecule has 1 aromatic carbocycles. The Morgan fingerprint density at radius 2 is 1.45 bits per heavy atom. The van der Waals surface area contributed by atoms with E-state index in [1.54, 1.807) is 0 Å². The van der Waals surface area contributed by atoms with E-state index in [0.29, 0.717) is 0 Å². The highest BCUT2D eigenvalue weighted by molar-refractivity contribution is 7.89. The summed E-state index contributed by atoms with van der Waals surface area (Å²) in [5, 5.41) is 0.503. The molecule has 0 radical (unpaired) electrons. The van der Waals surface area contributed by atoms with Crippen molar-refractivity contribution in [2.45, 2.75) is 49.5 Å². The van der Waals surface area contributed by atoms with E-state index in [4.69, 9.17) is 34.8 Å². The molecule has 112 valence electrons. The number of rotatable bonds is 3. The van der Waals surface area contributed by atoms with Gasteiger partial charge in [-0.15, -0.1) is 0 Å². The SMILES string of the molecule is O=S(=O)(NC1CCCCCC1)c1cc(Cl)c(Cl)cc1Cl. The molecule has 1 N–H and O–H groups in total. The second-order valence-electron chi connectivity index (χ2n) is 5.01. The van der Waals surface area contributed by atoms with E-state index in [9.17, 15) is 8.42 Å². The lowest BCUT2D eigenvalue weighted by Crippen LogP contribution is -2.34. The minimum Gasteiger partial charge on any atom is -0.208 e. The minimum absolute atomic E-state index is 0.0159. The summed E-state index contributed by atoms with van der Waals surface area (Å²) in [5.74, 6) is 0. The lowest BCUT2D eigenvalue weighted by molar-refractivity contribution is 0.510. The van der Waals surface area contributed by atoms with E-state index in [1.165, 1.54) is 12.1 Å². The van der Waals surface area contributed by atoms with Gasteiger partial charge in [0.05, 0.1) is 15.1 Å². The number of sulfonamides is 1. The zero-order valence-corrected chi connectivity index (χ0v) is 13.9. The predicted octanol–water partition coefficient (Wildman–Crippen LogP) is 4.65. The van der Waals surface area contributed by atoms with Crippen LogP contribution in [0.1, 0.15) is 38.5 Å². The predicted molar refractivity (Wildman–Crippen MR) is 83.3 cm³/mol. The van der Waals surface area contributed by atoms with Gasteiger partial charge in [0.25, 0.3) is 0 Å². The Balaban J connectivity index is 2.23. The van der Waals surface area contributed by atoms with Crippen LogP contribution in [0.5, 0.6) is 0 Å². The zero-order valence-electron chi connectivity index (χ0n) is 10.8. The third kappa shape index (κ3) is 4.01. The first-order valence-electron chi connectivity index (χ1n) is 6.57. The van der Waals surface area contributed by atoms with Crippen molar-refractivity contribution in [2.75, 3.05) is 0 Å². The normalized spacial score (nSPS) is 17.9. The molecule has 1 saturated carbocycles. The third-order valence-corrected chi connectivity index (χ3v) is 6.15. The summed E-state index contributed by atoms with van der Waals surface area (Å²) in [6.07, 6.45) is 6.12. The average molecular weight is 357 g/mol. The number of benzene rings is 1. The Morgan fingerprint density at radius 3 is 2.05 bits per heavy atom. The van der Waals surface area contributed by atoms with Gasteiger partial charge in [-0.25, -0.2) is 13.1 Å². The Bertz CT molecular complexity index is 582. The van der Waals surface area contributed by atoms with Gasteiger partial charge in [0.1, 0.15) is 4.90 Å². The maximum atomic E-state index is 12.4. The molecule has 1 aromatic rings. The van der Waals surface area contributed by atoms with Crippen LogP contribution in [-0.2, 0) is 10.0 Å². The summed E-state index contributed by atoms with van der Waals surface area (Å²) in [7, 11) is -3.67. The van der Waals surface area contributed by atoms with Gasteiger partial charge in [0.15, 0.2) is 0 Å². The van der Waals surface area contributed by atoms with Crippen molar-refractivity contribution in [1.29, 1.82) is 0 Å². The number of halogens is 3. The monoisotopic (exact) mass is 355 g/mol. The lowest BCUT2D eigenvalue weighted by Gasteiger charge is -2.17. The maximum Gasteiger partial charge on any atom is 0.242 e. The molecular weight excluding hydrogens is 341 g/mol. The molecule has 0 aromatic heterocycles. The van der Waals surface area contributed by atoms with E-state index in [2.05, 4.69) is 4.72 Å². The van der Waals surface area contributed by atoms with E-state index >= 15 is 0 Å². The van der Waals surface area contributed by atoms with Crippen molar-refractivity contribution in [3.05, 3.63) is 27.2 Å². The Hall–Kier alpha value is -0.000000000000000167. The fourth-order valence-electron chi connectivity index (χ4n) is 2.39. The molecule has 7 heteroatoms. The summed E-state index contributed by atoms with van der Waals surface area (Å²) >= 11 is 17.7. The van der Waals surface area contributed by atoms with Gasteiger partial charge < -0.3 is 0 Å². The van der Waals surface area contributed by atoms with Crippen molar-refractivity contribution >= 4 is 44.8 Å². The van der Waals surface area contributed by atoms with Crippen molar-refractivity contribution in [3.63, 3.8) is 0 Å². The minimum atomic E-state index is -3.67. The van der Waals surface area contributed by atoms with Gasteiger partial charge in [-0.2, -0.15) is 0 Å². The summed E-state index contributed by atoms with van der Waals surface area (Å²) in [5.41, 5.74) is 0. The van der Waals surface area contributed by atoms with E-state index in [1.807, 2.05) is 0 Å². The quantitative estimate of drug-likeness (QED) is 0.633. The summed E-state index contributed by atoms with van der Waals surface area (Å²) in [6, 6.07) is 2.62. The largest absolute Gasteiger partial charge is 0.242 e. The first-order chi connectivity index (χ1) is 9.40. The summed E-state index contributed by atoms with van der Waals surface area (Å²) < 4.78 is 27.5. The molecule has 0 unspecified atom stereocenters. The molecule has 0 aliphatic heterocycles. The second kappa shape index (κ2) is 6.84. The molecule has 2 rings (SSSR count). The molecule has 1 aliphatic rings. The molecule has 0 atom stereocenters. The van der Waals surface area contributed by atoms with Gasteiger partial charge >= 0.3 is 0 Å². The van der Waals surface area contributed by atoms with Crippen molar-refractivity contribution in [2.24, 2.45) is 0 Å². The van der Waals surface area contributed by atoms with Crippen molar-refractivity contribution in [3.8, 4) is 0 Å². The van der Waals surface area contributed by atoms with Crippen LogP contribution in [0.4, 0.5) is 0 Å². The number of nitrogens with one attached hydrogen (secondary N) is 1. The van der Waals surface area contributed by atoms with Crippen LogP contribution < -0.4 is 4.72 Å². The van der Waals surface area contributed by atoms with Crippen LogP contribution in [0.25, 0.3) is 0 Å². The van der Waals surface area contributed by atoms with Crippen LogP contribution >= 0.6 is 34.8 Å². The molecular formula is C13H16Cl3NO2S. The van der Waals surface area contributed by atoms with E-state index in [-0.39, 0.29) is 26.0 Å². The van der Waals surface area contributed by atoms with E-state index in [0.717, 1.165) is 38.5 Å². The smallest absolute Gasteiger partial charge is 0.208 e. The molecule has 20 heavy (non-hydrogen) atoms. The first-order valence-corrected chi connectivity index (χ1v) is 9.19. The second-order valence-corrected chi connectivity index (χ2v) is 7.91. The summed E-state index contributed by atoms with van der Waals surface area (Å²) in [6.45, 7) is 0. The fourth-order valence-corrected chi connectivity index (χ4v) is 4.70. The lowest BCUT2D eigenvalue weighted by atomic mass is 10.1. The first kappa shape index (κ1) is 16.4. The van der Waals surface area contributed by atoms with E-state index < -0.39 is 10.0 Å². The Kier molecular flexibility index (Phi) is 5.60. The van der Waals surface area contributed by atoms with Gasteiger partial charge in [-0.1, -0.05) is 60.5 Å². The fraction of sp³-hybridized carbons (Fsp3) is 0.538. The molecule has 1 fully saturated rings. The van der Waals surface area contributed by atoms with Gasteiger partial charge in [0.2, 0.25) is 10.0 Å². The van der Waals surface area contributed by atoms with Crippen LogP contribution in [0.3, 0.4) is 0 Å². The zero-order chi connectivity index (χ0) is 14.8. The highest BCUT2D eigenvalue weighted by Crippen LogP contribution is 2.32. The highest BCUT2D eigenvalue weighted by Gasteiger charge is 2.24. The van der Waals surface area contributed by atoms with Gasteiger partial charge in [-0.05, 0) is 25.0 Å². The van der Waals surface area contributed by atoms with Crippen LogP contribution in [0.15, 0.2) is 17.0 Å². The number of hydrogen-bond acceptors (Lipinski definition) is 2. The maximum absolute atomic E-state index is 12.4. The third-order valence-electron chi connectivity index (χ3n) is 3.44. The molecule has 1 aliphatic carbocycles. The molecule has 0 amide bonds. The standard InChI is InChI=1S/C13H16Cl3NO2S/c14-10-7-12(16)13(8-11(10)15)20(18,19)17-9-5-3-1-2-4-6-9/h7-9,17H,1-6H2. The molecule has 0 heterocycles. The van der Waals surface area contributed by atoms with Crippen LogP contribution in [0, 0.1) is 0 Å². The van der Waals surface area contributed by atoms with Crippen LogP contribution in [-0.4, -0.2) is 14.5 Å². The topological polar surface area (TPSA) is 46.2 Å². The Morgan fingerprint density at radius 1 is 0.900 bits per heavy atom. The summed E-state index contributed by atoms with van der Waals surface area (Å²) in [4.78, 5) is -0.0159. The molecule has 3 nitrogen and oxygen atoms in total. The van der Waals surface area contributed by atoms with Gasteiger partial charge in [0, 0.05) is 6.04 Å². The average Bonchev–Trinajstić information content (AvgIpc) is 2.61. The Labute approximate surface area is 134 Å².